The molecule has 0 fully saturated rings. The smallest absolute Gasteiger partial charge is 0.137 e. The Kier molecular flexibility index (Phi) is 11.8. The van der Waals surface area contributed by atoms with E-state index in [1.807, 2.05) is 6.20 Å². The molecule has 66 heavy (non-hydrogen) atoms. The van der Waals surface area contributed by atoms with Crippen LogP contribution in [-0.4, -0.2) is 16.6 Å². The highest BCUT2D eigenvalue weighted by Crippen LogP contribution is 2.43. The van der Waals surface area contributed by atoms with E-state index in [0.717, 1.165) is 56.7 Å². The first-order valence-corrected chi connectivity index (χ1v) is 23.6. The molecule has 0 bridgehead atoms. The summed E-state index contributed by atoms with van der Waals surface area (Å²) in [5.41, 5.74) is 17.5. The van der Waals surface area contributed by atoms with Gasteiger partial charge < -0.3 is 15.0 Å². The van der Waals surface area contributed by atoms with Crippen molar-refractivity contribution in [3.8, 4) is 28.4 Å². The van der Waals surface area contributed by atoms with Crippen LogP contribution in [0.2, 0.25) is 0 Å². The molecule has 0 atom stereocenters. The van der Waals surface area contributed by atoms with Crippen molar-refractivity contribution in [3.63, 3.8) is 0 Å². The number of anilines is 4. The molecule has 2 heterocycles. The summed E-state index contributed by atoms with van der Waals surface area (Å²) in [6.07, 6.45) is 1.94. The minimum Gasteiger partial charge on any atom is -0.457 e. The number of aryl methyl sites for hydroxylation is 3. The minimum absolute atomic E-state index is 0.00217. The van der Waals surface area contributed by atoms with Crippen molar-refractivity contribution in [1.82, 2.24) is 9.55 Å². The second-order valence-electron chi connectivity index (χ2n) is 22.7. The molecule has 0 radical (unpaired) electrons. The van der Waals surface area contributed by atoms with Crippen LogP contribution >= 0.6 is 0 Å². The van der Waals surface area contributed by atoms with Crippen LogP contribution in [0.5, 0.6) is 11.5 Å². The monoisotopic (exact) mass is 875 g/mol. The SMILES string of the molecule is Cc1cc(C)c(-c2cc(Oc3ccc4c5cc(C(C)(C)C)ccc5n(-c5cc(C(C)(C)C)ccn5)c4c3)cc(N(C)c3ccccc3Nc3cc(C(C)(C)C)cc(C(C)(C)C)c3)c2)c(C)c1. The number of pyridine rings is 1. The molecule has 8 aromatic rings. The van der Waals surface area contributed by atoms with Crippen LogP contribution in [0, 0.1) is 20.8 Å². The van der Waals surface area contributed by atoms with Crippen LogP contribution in [0.25, 0.3) is 38.8 Å². The Hall–Kier alpha value is -6.33. The first kappa shape index (κ1) is 46.2. The molecule has 5 heteroatoms. The van der Waals surface area contributed by atoms with Gasteiger partial charge in [-0.3, -0.25) is 4.57 Å². The van der Waals surface area contributed by atoms with Crippen LogP contribution in [0.4, 0.5) is 22.7 Å². The number of para-hydroxylation sites is 2. The van der Waals surface area contributed by atoms with Gasteiger partial charge in [-0.25, -0.2) is 4.98 Å². The van der Waals surface area contributed by atoms with Crippen molar-refractivity contribution in [2.45, 2.75) is 126 Å². The summed E-state index contributed by atoms with van der Waals surface area (Å²) in [7, 11) is 2.15. The van der Waals surface area contributed by atoms with Crippen LogP contribution in [0.3, 0.4) is 0 Å². The molecule has 0 saturated heterocycles. The van der Waals surface area contributed by atoms with Gasteiger partial charge in [-0.05, 0) is 160 Å². The molecule has 1 N–H and O–H groups in total. The standard InChI is InChI=1S/C61H70N4O/c1-38-27-39(2)57(40(3)28-38)41-29-47(64(16)54-20-18-17-19-52(54)63-46-32-44(60(10,11)12)31-45(33-46)61(13,14)15)36-49(30-41)66-48-22-23-50-51-34-42(58(4,5)6)21-24-53(51)65(55(50)37-48)56-35-43(25-26-62-56)59(7,8)9/h17-37,63H,1-16H3. The van der Waals surface area contributed by atoms with Crippen molar-refractivity contribution < 1.29 is 4.74 Å². The molecule has 340 valence electrons. The van der Waals surface area contributed by atoms with E-state index in [-0.39, 0.29) is 21.7 Å². The van der Waals surface area contributed by atoms with E-state index in [0.29, 0.717) is 0 Å². The summed E-state index contributed by atoms with van der Waals surface area (Å²) < 4.78 is 9.37. The summed E-state index contributed by atoms with van der Waals surface area (Å²) in [5, 5.41) is 6.23. The van der Waals surface area contributed by atoms with Gasteiger partial charge in [0.15, 0.2) is 0 Å². The van der Waals surface area contributed by atoms with Crippen molar-refractivity contribution in [1.29, 1.82) is 0 Å². The molecule has 0 saturated carbocycles. The molecule has 5 nitrogen and oxygen atoms in total. The van der Waals surface area contributed by atoms with Gasteiger partial charge in [0.25, 0.3) is 0 Å². The molecule has 8 rings (SSSR count). The van der Waals surface area contributed by atoms with E-state index in [2.05, 4.69) is 247 Å². The number of nitrogens with one attached hydrogen (secondary N) is 1. The average molecular weight is 875 g/mol. The molecule has 0 aliphatic heterocycles. The number of nitrogens with zero attached hydrogens (tertiary/aromatic N) is 3. The quantitative estimate of drug-likeness (QED) is 0.165. The highest BCUT2D eigenvalue weighted by molar-refractivity contribution is 6.10. The Bertz CT molecular complexity index is 3070. The fraction of sp³-hybridized carbons (Fsp3) is 0.328. The summed E-state index contributed by atoms with van der Waals surface area (Å²) >= 11 is 0. The topological polar surface area (TPSA) is 42.3 Å². The van der Waals surface area contributed by atoms with Gasteiger partial charge in [-0.15, -0.1) is 0 Å². The fourth-order valence-corrected chi connectivity index (χ4v) is 9.27. The molecule has 0 unspecified atom stereocenters. The summed E-state index contributed by atoms with van der Waals surface area (Å²) in [5.74, 6) is 2.41. The second-order valence-corrected chi connectivity index (χ2v) is 22.7. The molecule has 0 aliphatic rings. The lowest BCUT2D eigenvalue weighted by molar-refractivity contribution is 0.483. The van der Waals surface area contributed by atoms with Gasteiger partial charge >= 0.3 is 0 Å². The van der Waals surface area contributed by atoms with E-state index >= 15 is 0 Å². The van der Waals surface area contributed by atoms with Gasteiger partial charge in [0.1, 0.15) is 17.3 Å². The minimum atomic E-state index is -0.0299. The van der Waals surface area contributed by atoms with E-state index < -0.39 is 0 Å². The Balaban J connectivity index is 1.26. The van der Waals surface area contributed by atoms with Crippen LogP contribution in [0.15, 0.2) is 128 Å². The van der Waals surface area contributed by atoms with Gasteiger partial charge in [-0.2, -0.15) is 0 Å². The zero-order chi connectivity index (χ0) is 47.7. The largest absolute Gasteiger partial charge is 0.457 e. The zero-order valence-electron chi connectivity index (χ0n) is 42.4. The summed E-state index contributed by atoms with van der Waals surface area (Å²) in [6, 6.07) is 44.5. The Labute approximate surface area is 394 Å². The lowest BCUT2D eigenvalue weighted by Gasteiger charge is -2.28. The third-order valence-electron chi connectivity index (χ3n) is 13.1. The number of benzene rings is 6. The van der Waals surface area contributed by atoms with E-state index in [1.54, 1.807) is 0 Å². The first-order chi connectivity index (χ1) is 30.8. The third-order valence-corrected chi connectivity index (χ3v) is 13.1. The maximum absolute atomic E-state index is 7.06. The molecule has 0 spiro atoms. The maximum atomic E-state index is 7.06. The van der Waals surface area contributed by atoms with E-state index in [9.17, 15) is 0 Å². The van der Waals surface area contributed by atoms with Crippen LogP contribution in [0.1, 0.15) is 122 Å². The van der Waals surface area contributed by atoms with Gasteiger partial charge in [0, 0.05) is 47.5 Å². The Morgan fingerprint density at radius 1 is 0.530 bits per heavy atom. The highest BCUT2D eigenvalue weighted by Gasteiger charge is 2.24. The predicted octanol–water partition coefficient (Wildman–Crippen LogP) is 17.3. The van der Waals surface area contributed by atoms with Gasteiger partial charge in [0.2, 0.25) is 0 Å². The highest BCUT2D eigenvalue weighted by atomic mass is 16.5. The molecular formula is C61H70N4O. The summed E-state index contributed by atoms with van der Waals surface area (Å²) in [6.45, 7) is 33.9. The number of fused-ring (bicyclic) bond motifs is 3. The maximum Gasteiger partial charge on any atom is 0.137 e. The van der Waals surface area contributed by atoms with E-state index in [4.69, 9.17) is 9.72 Å². The Morgan fingerprint density at radius 3 is 1.79 bits per heavy atom. The fourth-order valence-electron chi connectivity index (χ4n) is 9.27. The normalized spacial score (nSPS) is 12.5. The van der Waals surface area contributed by atoms with Crippen molar-refractivity contribution in [2.24, 2.45) is 0 Å². The average Bonchev–Trinajstić information content (AvgIpc) is 3.55. The molecular weight excluding hydrogens is 805 g/mol. The predicted molar refractivity (Wildman–Crippen MR) is 284 cm³/mol. The Morgan fingerprint density at radius 2 is 1.15 bits per heavy atom. The van der Waals surface area contributed by atoms with Crippen molar-refractivity contribution in [3.05, 3.63) is 166 Å². The number of aromatic nitrogens is 2. The van der Waals surface area contributed by atoms with Gasteiger partial charge in [-0.1, -0.05) is 125 Å². The van der Waals surface area contributed by atoms with Crippen molar-refractivity contribution in [2.75, 3.05) is 17.3 Å². The molecule has 0 amide bonds. The number of hydrogen-bond acceptors (Lipinski definition) is 4. The van der Waals surface area contributed by atoms with E-state index in [1.165, 1.54) is 55.3 Å². The number of hydrogen-bond donors (Lipinski definition) is 1. The lowest BCUT2D eigenvalue weighted by atomic mass is 9.80. The zero-order valence-corrected chi connectivity index (χ0v) is 42.4. The second kappa shape index (κ2) is 16.8. The van der Waals surface area contributed by atoms with Gasteiger partial charge in [0.05, 0.1) is 22.4 Å². The third kappa shape index (κ3) is 9.36. The molecule has 0 aliphatic carbocycles. The first-order valence-electron chi connectivity index (χ1n) is 23.6. The van der Waals surface area contributed by atoms with Crippen LogP contribution in [-0.2, 0) is 21.7 Å². The number of ether oxygens (including phenoxy) is 1. The molecule has 2 aromatic heterocycles. The molecule has 6 aromatic carbocycles. The lowest BCUT2D eigenvalue weighted by Crippen LogP contribution is -2.17. The summed E-state index contributed by atoms with van der Waals surface area (Å²) in [4.78, 5) is 7.26. The number of rotatable bonds is 8. The van der Waals surface area contributed by atoms with Crippen molar-refractivity contribution >= 4 is 44.6 Å². The van der Waals surface area contributed by atoms with Crippen LogP contribution < -0.4 is 15.0 Å².